The number of hydrogen-bond acceptors (Lipinski definition) is 9. The molecule has 0 amide bonds. The molecule has 0 saturated heterocycles. The van der Waals surface area contributed by atoms with Gasteiger partial charge in [-0.05, 0) is 58.7 Å². The van der Waals surface area contributed by atoms with Crippen LogP contribution in [0, 0.1) is 90.6 Å². The second kappa shape index (κ2) is 12.5. The average Bonchev–Trinajstić information content (AvgIpc) is 3.59. The molecule has 0 bridgehead atoms. The topological polar surface area (TPSA) is 200 Å². The third-order valence-electron chi connectivity index (χ3n) is 7.75. The van der Waals surface area contributed by atoms with Crippen molar-refractivity contribution in [3.8, 4) is 54.3 Å². The molecule has 240 valence electrons. The van der Waals surface area contributed by atoms with Crippen LogP contribution in [0.2, 0.25) is 0 Å². The van der Waals surface area contributed by atoms with Crippen LogP contribution in [0.3, 0.4) is 0 Å². The van der Waals surface area contributed by atoms with Crippen molar-refractivity contribution in [2.24, 2.45) is 0 Å². The van der Waals surface area contributed by atoms with Crippen molar-refractivity contribution in [2.75, 3.05) is 0 Å². The number of alkyl halides is 6. The van der Waals surface area contributed by atoms with E-state index in [1.54, 1.807) is 30.3 Å². The number of rotatable bonds is 3. The lowest BCUT2D eigenvalue weighted by Crippen LogP contribution is -2.17. The van der Waals surface area contributed by atoms with Crippen LogP contribution in [0.5, 0.6) is 5.75 Å². The molecule has 0 heterocycles. The highest BCUT2D eigenvalue weighted by Crippen LogP contribution is 2.54. The van der Waals surface area contributed by atoms with Gasteiger partial charge in [0.15, 0.2) is 0 Å². The number of ether oxygens (including phenoxy) is 1. The van der Waals surface area contributed by atoms with E-state index in [2.05, 4.69) is 4.74 Å². The minimum atomic E-state index is -5.16. The van der Waals surface area contributed by atoms with Gasteiger partial charge >= 0.3 is 12.5 Å². The fourth-order valence-corrected chi connectivity index (χ4v) is 5.84. The third-order valence-corrected chi connectivity index (χ3v) is 7.75. The van der Waals surface area contributed by atoms with Gasteiger partial charge in [0, 0.05) is 33.4 Å². The average molecular weight is 683 g/mol. The zero-order chi connectivity index (χ0) is 37.4. The lowest BCUT2D eigenvalue weighted by molar-refractivity contribution is -0.274. The highest BCUT2D eigenvalue weighted by atomic mass is 19.4. The summed E-state index contributed by atoms with van der Waals surface area (Å²) in [5.74, 6) is -0.872. The first kappa shape index (κ1) is 34.3. The Bertz CT molecular complexity index is 2590. The second-order valence-corrected chi connectivity index (χ2v) is 10.4. The van der Waals surface area contributed by atoms with Crippen molar-refractivity contribution < 1.29 is 31.1 Å². The molecule has 0 atom stereocenters. The van der Waals surface area contributed by atoms with Crippen LogP contribution in [-0.4, -0.2) is 6.36 Å². The first-order chi connectivity index (χ1) is 24.2. The zero-order valence-electron chi connectivity index (χ0n) is 24.9. The highest BCUT2D eigenvalue weighted by Gasteiger charge is 2.39. The van der Waals surface area contributed by atoms with Crippen molar-refractivity contribution in [1.29, 1.82) is 42.1 Å². The maximum absolute atomic E-state index is 13.6. The van der Waals surface area contributed by atoms with Gasteiger partial charge in [-0.2, -0.15) is 55.3 Å². The minimum Gasteiger partial charge on any atom is -0.404 e. The highest BCUT2D eigenvalue weighted by molar-refractivity contribution is 6.29. The smallest absolute Gasteiger partial charge is 0.404 e. The van der Waals surface area contributed by atoms with Gasteiger partial charge in [0.2, 0.25) is 0 Å². The van der Waals surface area contributed by atoms with Gasteiger partial charge in [-0.15, -0.1) is 13.2 Å². The van der Waals surface area contributed by atoms with E-state index in [4.69, 9.17) is 0 Å². The molecule has 5 rings (SSSR count). The molecule has 3 aromatic rings. The molecule has 0 spiro atoms. The van der Waals surface area contributed by atoms with Crippen LogP contribution in [-0.2, 0) is 6.18 Å². The largest absolute Gasteiger partial charge is 0.573 e. The van der Waals surface area contributed by atoms with Crippen LogP contribution >= 0.6 is 0 Å². The van der Waals surface area contributed by atoms with Crippen molar-refractivity contribution in [2.45, 2.75) is 12.5 Å². The molecule has 2 aliphatic carbocycles. The molecule has 0 aliphatic heterocycles. The predicted molar refractivity (Wildman–Crippen MR) is 162 cm³/mol. The SMILES string of the molecule is N#CC(C#N)=C1C(c2ccc(OC(F)(F)F)c(C#N)c2)=C(C#N)c2cc3c(cc21)C(=C(C#N)C#N)C(c1ccc(C(F)(F)F)c(C#N)c1)=C3C#N. The molecule has 0 N–H and O–H groups in total. The molecule has 51 heavy (non-hydrogen) atoms. The molecule has 9 nitrogen and oxygen atoms in total. The molecule has 3 aromatic carbocycles. The van der Waals surface area contributed by atoms with Crippen molar-refractivity contribution in [3.63, 3.8) is 0 Å². The van der Waals surface area contributed by atoms with E-state index < -0.39 is 46.1 Å². The summed E-state index contributed by atoms with van der Waals surface area (Å²) in [5.41, 5.74) is -5.53. The van der Waals surface area contributed by atoms with Gasteiger partial charge in [-0.25, -0.2) is 0 Å². The molecule has 0 saturated carbocycles. The molecule has 0 aromatic heterocycles. The Morgan fingerprint density at radius 3 is 1.33 bits per heavy atom. The van der Waals surface area contributed by atoms with Crippen LogP contribution in [0.15, 0.2) is 59.7 Å². The number of hydrogen-bond donors (Lipinski definition) is 0. The van der Waals surface area contributed by atoms with E-state index in [9.17, 15) is 68.4 Å². The molecule has 0 unspecified atom stereocenters. The Morgan fingerprint density at radius 2 is 0.941 bits per heavy atom. The van der Waals surface area contributed by atoms with Gasteiger partial charge < -0.3 is 4.74 Å². The lowest BCUT2D eigenvalue weighted by Gasteiger charge is -2.14. The van der Waals surface area contributed by atoms with Crippen molar-refractivity contribution in [1.82, 2.24) is 0 Å². The van der Waals surface area contributed by atoms with E-state index in [1.165, 1.54) is 18.2 Å². The quantitative estimate of drug-likeness (QED) is 0.195. The number of halogens is 6. The first-order valence-corrected chi connectivity index (χ1v) is 13.7. The normalized spacial score (nSPS) is 12.9. The number of nitriles is 8. The summed E-state index contributed by atoms with van der Waals surface area (Å²) >= 11 is 0. The fourth-order valence-electron chi connectivity index (χ4n) is 5.84. The predicted octanol–water partition coefficient (Wildman–Crippen LogP) is 7.84. The van der Waals surface area contributed by atoms with E-state index in [1.807, 2.05) is 12.1 Å². The van der Waals surface area contributed by atoms with E-state index in [0.29, 0.717) is 6.07 Å². The summed E-state index contributed by atoms with van der Waals surface area (Å²) in [6.45, 7) is 0. The van der Waals surface area contributed by atoms with Gasteiger partial charge in [0.1, 0.15) is 59.4 Å². The van der Waals surface area contributed by atoms with E-state index in [-0.39, 0.29) is 66.8 Å². The lowest BCUT2D eigenvalue weighted by atomic mass is 9.88. The first-order valence-electron chi connectivity index (χ1n) is 13.7. The molecule has 15 heteroatoms. The number of benzene rings is 3. The van der Waals surface area contributed by atoms with Crippen LogP contribution < -0.4 is 4.74 Å². The Kier molecular flexibility index (Phi) is 8.40. The molecule has 0 radical (unpaired) electrons. The second-order valence-electron chi connectivity index (χ2n) is 10.4. The van der Waals surface area contributed by atoms with Crippen LogP contribution in [0.25, 0.3) is 33.4 Å². The van der Waals surface area contributed by atoms with Crippen molar-refractivity contribution >= 4 is 33.4 Å². The minimum absolute atomic E-state index is 0.00711. The summed E-state index contributed by atoms with van der Waals surface area (Å²) in [5, 5.41) is 79.5. The van der Waals surface area contributed by atoms with Crippen molar-refractivity contribution in [3.05, 3.63) is 110 Å². The summed E-state index contributed by atoms with van der Waals surface area (Å²) in [6, 6.07) is 21.3. The molecular formula is C36H8F6N8O. The van der Waals surface area contributed by atoms with E-state index >= 15 is 0 Å². The summed E-state index contributed by atoms with van der Waals surface area (Å²) in [7, 11) is 0. The van der Waals surface area contributed by atoms with Gasteiger partial charge in [0.05, 0.1) is 33.9 Å². The third kappa shape index (κ3) is 5.63. The van der Waals surface area contributed by atoms with Crippen LogP contribution in [0.1, 0.15) is 50.1 Å². The maximum atomic E-state index is 13.6. The fraction of sp³-hybridized carbons (Fsp3) is 0.0556. The maximum Gasteiger partial charge on any atom is 0.573 e. The Labute approximate surface area is 283 Å². The molecular weight excluding hydrogens is 674 g/mol. The van der Waals surface area contributed by atoms with Gasteiger partial charge in [-0.1, -0.05) is 12.1 Å². The van der Waals surface area contributed by atoms with Gasteiger partial charge in [0.25, 0.3) is 0 Å². The van der Waals surface area contributed by atoms with Gasteiger partial charge in [-0.3, -0.25) is 0 Å². The number of nitrogens with zero attached hydrogens (tertiary/aromatic N) is 8. The standard InChI is InChI=1S/C36H8F6N8O/c37-35(38,39)29-3-1-17(5-19(29)9-43)31-27(15-49)23-7-24-26(8-25(23)33(31)21(11-45)12-46)34(22(13-47)14-48)32(28(24)16-50)18-2-4-30(20(6-18)10-44)51-36(40,41)42/h1-8H. The monoisotopic (exact) mass is 682 g/mol. The Balaban J connectivity index is 1.88. The molecule has 0 fully saturated rings. The Hall–Kier alpha value is -8.08. The van der Waals surface area contributed by atoms with Crippen LogP contribution in [0.4, 0.5) is 26.3 Å². The zero-order valence-corrected chi connectivity index (χ0v) is 24.9. The van der Waals surface area contributed by atoms with E-state index in [0.717, 1.165) is 30.3 Å². The number of fused-ring (bicyclic) bond motifs is 2. The summed E-state index contributed by atoms with van der Waals surface area (Å²) < 4.78 is 83.6. The molecule has 2 aliphatic rings. The Morgan fingerprint density at radius 1 is 0.510 bits per heavy atom. The summed E-state index contributed by atoms with van der Waals surface area (Å²) in [6.07, 6.45) is -10.1. The summed E-state index contributed by atoms with van der Waals surface area (Å²) in [4.78, 5) is 0. The number of allylic oxidation sites excluding steroid dienone is 8.